The third-order valence-corrected chi connectivity index (χ3v) is 6.94. The van der Waals surface area contributed by atoms with Gasteiger partial charge >= 0.3 is 0 Å². The summed E-state index contributed by atoms with van der Waals surface area (Å²) in [6, 6.07) is 12.5. The molecule has 0 unspecified atom stereocenters. The lowest BCUT2D eigenvalue weighted by atomic mass is 10.0. The molecule has 0 fully saturated rings. The minimum atomic E-state index is -0.884. The molecule has 2 aromatic heterocycles. The summed E-state index contributed by atoms with van der Waals surface area (Å²) in [5.74, 6) is -0.859. The largest absolute Gasteiger partial charge is 0.482 e. The zero-order chi connectivity index (χ0) is 28.0. The van der Waals surface area contributed by atoms with Crippen LogP contribution in [0.25, 0.3) is 5.65 Å². The minimum Gasteiger partial charge on any atom is -0.482 e. The zero-order valence-electron chi connectivity index (χ0n) is 21.3. The molecule has 3 heterocycles. The lowest BCUT2D eigenvalue weighted by molar-refractivity contribution is -0.118. The molecule has 40 heavy (non-hydrogen) atoms. The van der Waals surface area contributed by atoms with E-state index in [1.54, 1.807) is 42.5 Å². The van der Waals surface area contributed by atoms with Gasteiger partial charge in [-0.2, -0.15) is 5.10 Å². The van der Waals surface area contributed by atoms with Crippen molar-refractivity contribution in [1.29, 1.82) is 0 Å². The second-order valence-electron chi connectivity index (χ2n) is 9.67. The standard InChI is InChI=1S/C28H24N6O6/c1-14(35)16-3-4-18-17(9-16)10-22(36)26(18)33-28(39)21-11-20(31-24-6-7-30-34(21)24)27(38)29-12-15-2-5-23-19(8-15)32-25(37)13-40-23/h2-9,11,22,26,36H,10,12-13H2,1H3,(H,29,38)(H,32,37)(H,33,39)/t22-,26+/m0/s1. The van der Waals surface area contributed by atoms with Gasteiger partial charge in [0, 0.05) is 30.7 Å². The number of hydrogen-bond acceptors (Lipinski definition) is 8. The Labute approximate surface area is 227 Å². The molecule has 4 N–H and O–H groups in total. The number of ketones is 1. The van der Waals surface area contributed by atoms with Crippen LogP contribution < -0.4 is 20.7 Å². The third-order valence-electron chi connectivity index (χ3n) is 6.94. The number of amides is 3. The first-order chi connectivity index (χ1) is 19.3. The number of hydrogen-bond donors (Lipinski definition) is 4. The van der Waals surface area contributed by atoms with Gasteiger partial charge in [-0.15, -0.1) is 0 Å². The van der Waals surface area contributed by atoms with Gasteiger partial charge in [0.05, 0.1) is 24.0 Å². The highest BCUT2D eigenvalue weighted by atomic mass is 16.5. The highest BCUT2D eigenvalue weighted by Crippen LogP contribution is 2.33. The Morgan fingerprint density at radius 1 is 1.12 bits per heavy atom. The second-order valence-corrected chi connectivity index (χ2v) is 9.67. The van der Waals surface area contributed by atoms with Crippen molar-refractivity contribution in [2.45, 2.75) is 32.0 Å². The van der Waals surface area contributed by atoms with Crippen molar-refractivity contribution in [2.24, 2.45) is 0 Å². The molecule has 2 aromatic carbocycles. The van der Waals surface area contributed by atoms with Crippen LogP contribution in [0.4, 0.5) is 5.69 Å². The van der Waals surface area contributed by atoms with Crippen LogP contribution in [-0.2, 0) is 17.8 Å². The van der Waals surface area contributed by atoms with Gasteiger partial charge in [0.25, 0.3) is 17.7 Å². The molecule has 202 valence electrons. The monoisotopic (exact) mass is 540 g/mol. The van der Waals surface area contributed by atoms with Gasteiger partial charge < -0.3 is 25.8 Å². The highest BCUT2D eigenvalue weighted by molar-refractivity contribution is 5.99. The first kappa shape index (κ1) is 25.2. The van der Waals surface area contributed by atoms with Crippen LogP contribution in [-0.4, -0.2) is 55.9 Å². The number of aliphatic hydroxyl groups excluding tert-OH is 1. The average Bonchev–Trinajstić information content (AvgIpc) is 3.54. The molecular weight excluding hydrogens is 516 g/mol. The van der Waals surface area contributed by atoms with E-state index in [4.69, 9.17) is 4.74 Å². The molecule has 2 aliphatic rings. The van der Waals surface area contributed by atoms with E-state index in [2.05, 4.69) is 26.0 Å². The molecule has 2 atom stereocenters. The molecule has 12 nitrogen and oxygen atoms in total. The van der Waals surface area contributed by atoms with Crippen molar-refractivity contribution in [2.75, 3.05) is 11.9 Å². The van der Waals surface area contributed by atoms with Crippen molar-refractivity contribution in [3.05, 3.63) is 88.4 Å². The topological polar surface area (TPSA) is 164 Å². The van der Waals surface area contributed by atoms with E-state index in [1.807, 2.05) is 0 Å². The average molecular weight is 541 g/mol. The number of benzene rings is 2. The summed E-state index contributed by atoms with van der Waals surface area (Å²) in [6.45, 7) is 1.57. The Morgan fingerprint density at radius 2 is 1.98 bits per heavy atom. The summed E-state index contributed by atoms with van der Waals surface area (Å²) in [4.78, 5) is 54.2. The quantitative estimate of drug-likeness (QED) is 0.268. The van der Waals surface area contributed by atoms with Crippen LogP contribution in [0.1, 0.15) is 61.0 Å². The van der Waals surface area contributed by atoms with E-state index in [9.17, 15) is 24.3 Å². The van der Waals surface area contributed by atoms with E-state index in [1.165, 1.54) is 23.7 Å². The van der Waals surface area contributed by atoms with Crippen LogP contribution in [0.3, 0.4) is 0 Å². The summed E-state index contributed by atoms with van der Waals surface area (Å²) in [6.07, 6.45) is 0.875. The van der Waals surface area contributed by atoms with Gasteiger partial charge in [0.1, 0.15) is 17.1 Å². The zero-order valence-corrected chi connectivity index (χ0v) is 21.3. The number of fused-ring (bicyclic) bond motifs is 3. The number of Topliss-reactive ketones (excluding diaryl/α,β-unsaturated/α-hetero) is 1. The fourth-order valence-electron chi connectivity index (χ4n) is 4.95. The molecule has 0 bridgehead atoms. The van der Waals surface area contributed by atoms with Crippen LogP contribution >= 0.6 is 0 Å². The number of aliphatic hydroxyl groups is 1. The highest BCUT2D eigenvalue weighted by Gasteiger charge is 2.33. The second kappa shape index (κ2) is 9.89. The van der Waals surface area contributed by atoms with Gasteiger partial charge in [-0.25, -0.2) is 9.50 Å². The van der Waals surface area contributed by atoms with Crippen molar-refractivity contribution < 1.29 is 29.0 Å². The Balaban J connectivity index is 1.21. The van der Waals surface area contributed by atoms with Crippen LogP contribution in [0, 0.1) is 0 Å². The van der Waals surface area contributed by atoms with E-state index >= 15 is 0 Å². The summed E-state index contributed by atoms with van der Waals surface area (Å²) in [5.41, 5.74) is 3.66. The van der Waals surface area contributed by atoms with Gasteiger partial charge in [-0.1, -0.05) is 18.2 Å². The molecular formula is C28H24N6O6. The van der Waals surface area contributed by atoms with Crippen LogP contribution in [0.15, 0.2) is 54.7 Å². The summed E-state index contributed by atoms with van der Waals surface area (Å²) in [7, 11) is 0. The van der Waals surface area contributed by atoms with Crippen molar-refractivity contribution in [3.63, 3.8) is 0 Å². The van der Waals surface area contributed by atoms with Gasteiger partial charge in [0.2, 0.25) is 0 Å². The van der Waals surface area contributed by atoms with E-state index in [0.717, 1.165) is 16.7 Å². The molecule has 1 aliphatic heterocycles. The van der Waals surface area contributed by atoms with Crippen molar-refractivity contribution >= 4 is 34.8 Å². The van der Waals surface area contributed by atoms with E-state index in [-0.39, 0.29) is 36.2 Å². The Hall–Kier alpha value is -5.10. The number of aromatic nitrogens is 3. The minimum absolute atomic E-state index is 0.00576. The van der Waals surface area contributed by atoms with E-state index < -0.39 is 24.0 Å². The maximum Gasteiger partial charge on any atom is 0.270 e. The van der Waals surface area contributed by atoms with Gasteiger partial charge in [-0.3, -0.25) is 19.2 Å². The van der Waals surface area contributed by atoms with Crippen LogP contribution in [0.2, 0.25) is 0 Å². The number of ether oxygens (including phenoxy) is 1. The Morgan fingerprint density at radius 3 is 2.80 bits per heavy atom. The number of carbonyl (C=O) groups is 4. The first-order valence-corrected chi connectivity index (χ1v) is 12.6. The predicted octanol–water partition coefficient (Wildman–Crippen LogP) is 1.58. The number of anilines is 1. The lowest BCUT2D eigenvalue weighted by Crippen LogP contribution is -2.35. The van der Waals surface area contributed by atoms with Crippen molar-refractivity contribution in [3.8, 4) is 5.75 Å². The van der Waals surface area contributed by atoms with E-state index in [0.29, 0.717) is 29.1 Å². The summed E-state index contributed by atoms with van der Waals surface area (Å²) in [5, 5.41) is 23.2. The lowest BCUT2D eigenvalue weighted by Gasteiger charge is -2.19. The fraction of sp³-hybridized carbons (Fsp3) is 0.214. The van der Waals surface area contributed by atoms with Gasteiger partial charge in [0.15, 0.2) is 18.0 Å². The summed E-state index contributed by atoms with van der Waals surface area (Å²) < 4.78 is 6.68. The first-order valence-electron chi connectivity index (χ1n) is 12.6. The molecule has 12 heteroatoms. The molecule has 3 amide bonds. The third kappa shape index (κ3) is 4.64. The Kier molecular flexibility index (Phi) is 6.23. The SMILES string of the molecule is CC(=O)c1ccc2c(c1)C[C@H](O)[C@@H]2NC(=O)c1cc(C(=O)NCc2ccc3c(c2)NC(=O)CO3)nc2ccnn12. The number of carbonyl (C=O) groups excluding carboxylic acids is 4. The number of nitrogens with one attached hydrogen (secondary N) is 3. The Bertz CT molecular complexity index is 1710. The molecule has 0 spiro atoms. The van der Waals surface area contributed by atoms with Crippen LogP contribution in [0.5, 0.6) is 5.75 Å². The maximum absolute atomic E-state index is 13.4. The number of rotatable bonds is 6. The molecule has 6 rings (SSSR count). The fourth-order valence-corrected chi connectivity index (χ4v) is 4.95. The maximum atomic E-state index is 13.4. The normalized spacial score (nSPS) is 17.4. The predicted molar refractivity (Wildman–Crippen MR) is 141 cm³/mol. The van der Waals surface area contributed by atoms with Gasteiger partial charge in [-0.05, 0) is 41.8 Å². The molecule has 0 radical (unpaired) electrons. The smallest absolute Gasteiger partial charge is 0.270 e. The molecule has 4 aromatic rings. The molecule has 1 aliphatic carbocycles. The van der Waals surface area contributed by atoms with Crippen molar-refractivity contribution in [1.82, 2.24) is 25.2 Å². The molecule has 0 saturated carbocycles. The number of nitrogens with zero attached hydrogens (tertiary/aromatic N) is 3. The molecule has 0 saturated heterocycles. The summed E-state index contributed by atoms with van der Waals surface area (Å²) >= 11 is 0.